The second-order valence-corrected chi connectivity index (χ2v) is 4.48. The Bertz CT molecular complexity index is 426. The molecule has 0 atom stereocenters. The third kappa shape index (κ3) is 2.78. The van der Waals surface area contributed by atoms with Crippen molar-refractivity contribution in [3.8, 4) is 5.75 Å². The number of hydrogen-bond acceptors (Lipinski definition) is 4. The van der Waals surface area contributed by atoms with Crippen LogP contribution in [0.3, 0.4) is 0 Å². The second-order valence-electron chi connectivity index (χ2n) is 4.48. The van der Waals surface area contributed by atoms with E-state index in [9.17, 15) is 4.79 Å². The molecule has 0 saturated heterocycles. The van der Waals surface area contributed by atoms with Crippen LogP contribution >= 0.6 is 0 Å². The van der Waals surface area contributed by atoms with E-state index in [4.69, 9.17) is 4.74 Å². The number of aromatic nitrogens is 2. The highest BCUT2D eigenvalue weighted by Gasteiger charge is 2.26. The Morgan fingerprint density at radius 1 is 1.59 bits per heavy atom. The number of anilines is 1. The van der Waals surface area contributed by atoms with Gasteiger partial charge in [0.15, 0.2) is 5.82 Å². The Kier molecular flexibility index (Phi) is 3.66. The van der Waals surface area contributed by atoms with Crippen molar-refractivity contribution in [3.05, 3.63) is 16.7 Å². The largest absolute Gasteiger partial charge is 0.489 e. The molecule has 0 radical (unpaired) electrons. The van der Waals surface area contributed by atoms with Crippen molar-refractivity contribution in [1.82, 2.24) is 9.97 Å². The summed E-state index contributed by atoms with van der Waals surface area (Å²) in [6, 6.07) is 0. The van der Waals surface area contributed by atoms with Gasteiger partial charge in [0.05, 0.1) is 13.4 Å². The van der Waals surface area contributed by atoms with Crippen molar-refractivity contribution in [2.24, 2.45) is 5.92 Å². The maximum atomic E-state index is 11.6. The Labute approximate surface area is 101 Å². The maximum absolute atomic E-state index is 11.6. The molecule has 2 rings (SSSR count). The zero-order valence-corrected chi connectivity index (χ0v) is 10.4. The highest BCUT2D eigenvalue weighted by Crippen LogP contribution is 2.32. The van der Waals surface area contributed by atoms with Crippen LogP contribution in [0.25, 0.3) is 0 Å². The number of nitrogens with one attached hydrogen (secondary N) is 1. The van der Waals surface area contributed by atoms with Gasteiger partial charge in [-0.3, -0.25) is 4.79 Å². The van der Waals surface area contributed by atoms with Crippen molar-refractivity contribution in [3.63, 3.8) is 0 Å². The first-order valence-electron chi connectivity index (χ1n) is 6.12. The number of H-pyrrole nitrogens is 1. The Morgan fingerprint density at radius 2 is 2.35 bits per heavy atom. The van der Waals surface area contributed by atoms with E-state index in [1.165, 1.54) is 26.3 Å². The molecule has 5 heteroatoms. The molecule has 0 aliphatic heterocycles. The van der Waals surface area contributed by atoms with E-state index in [0.29, 0.717) is 11.6 Å². The van der Waals surface area contributed by atoms with Crippen LogP contribution in [0.2, 0.25) is 0 Å². The molecule has 0 spiro atoms. The van der Waals surface area contributed by atoms with Gasteiger partial charge in [0.25, 0.3) is 5.56 Å². The molecule has 1 aromatic rings. The van der Waals surface area contributed by atoms with E-state index in [1.807, 2.05) is 0 Å². The van der Waals surface area contributed by atoms with E-state index in [-0.39, 0.29) is 5.56 Å². The quantitative estimate of drug-likeness (QED) is 0.812. The molecule has 1 aromatic heterocycles. The Balaban J connectivity index is 2.26. The van der Waals surface area contributed by atoms with E-state index >= 15 is 0 Å². The van der Waals surface area contributed by atoms with Crippen molar-refractivity contribution in [1.29, 1.82) is 0 Å². The number of ether oxygens (including phenoxy) is 1. The Morgan fingerprint density at radius 3 is 2.94 bits per heavy atom. The molecule has 5 nitrogen and oxygen atoms in total. The summed E-state index contributed by atoms with van der Waals surface area (Å²) >= 11 is 0. The van der Waals surface area contributed by atoms with E-state index < -0.39 is 0 Å². The summed E-state index contributed by atoms with van der Waals surface area (Å²) in [4.78, 5) is 20.6. The lowest BCUT2D eigenvalue weighted by molar-refractivity contribution is 0.405. The summed E-state index contributed by atoms with van der Waals surface area (Å²) in [5.74, 6) is 1.75. The lowest BCUT2D eigenvalue weighted by Crippen LogP contribution is -2.29. The summed E-state index contributed by atoms with van der Waals surface area (Å²) in [6.45, 7) is 4.00. The standard InChI is InChI=1S/C12H19N3O2/c1-3-6-15(7-9-4-5-9)11-10(17-2)12(16)14-8-13-11/h8-9H,3-7H2,1-2H3,(H,13,14,16). The second kappa shape index (κ2) is 5.21. The topological polar surface area (TPSA) is 58.2 Å². The normalized spacial score (nSPS) is 14.7. The molecular weight excluding hydrogens is 218 g/mol. The molecular formula is C12H19N3O2. The van der Waals surface area contributed by atoms with Crippen molar-refractivity contribution >= 4 is 5.82 Å². The zero-order valence-electron chi connectivity index (χ0n) is 10.4. The number of nitrogens with zero attached hydrogens (tertiary/aromatic N) is 2. The molecule has 0 amide bonds. The van der Waals surface area contributed by atoms with Crippen LogP contribution in [0.15, 0.2) is 11.1 Å². The van der Waals surface area contributed by atoms with Gasteiger partial charge in [-0.25, -0.2) is 4.98 Å². The van der Waals surface area contributed by atoms with E-state index in [1.54, 1.807) is 0 Å². The van der Waals surface area contributed by atoms with Gasteiger partial charge in [-0.2, -0.15) is 0 Å². The third-order valence-corrected chi connectivity index (χ3v) is 2.96. The Hall–Kier alpha value is -1.52. The molecule has 1 aliphatic rings. The number of hydrogen-bond donors (Lipinski definition) is 1. The first-order chi connectivity index (χ1) is 8.26. The van der Waals surface area contributed by atoms with Crippen molar-refractivity contribution in [2.45, 2.75) is 26.2 Å². The summed E-state index contributed by atoms with van der Waals surface area (Å²) in [7, 11) is 1.51. The SMILES string of the molecule is CCCN(CC1CC1)c1nc[nH]c(=O)c1OC. The van der Waals surface area contributed by atoms with Crippen molar-refractivity contribution in [2.75, 3.05) is 25.1 Å². The molecule has 0 aromatic carbocycles. The molecule has 1 aliphatic carbocycles. The molecule has 1 heterocycles. The van der Waals surface area contributed by atoms with Crippen LogP contribution in [0.4, 0.5) is 5.82 Å². The lowest BCUT2D eigenvalue weighted by atomic mass is 10.3. The molecule has 0 bridgehead atoms. The molecule has 0 unspecified atom stereocenters. The monoisotopic (exact) mass is 237 g/mol. The molecule has 1 fully saturated rings. The molecule has 17 heavy (non-hydrogen) atoms. The number of rotatable bonds is 6. The van der Waals surface area contributed by atoms with Gasteiger partial charge >= 0.3 is 0 Å². The van der Waals surface area contributed by atoms with Crippen LogP contribution in [-0.4, -0.2) is 30.2 Å². The predicted molar refractivity (Wildman–Crippen MR) is 66.6 cm³/mol. The van der Waals surface area contributed by atoms with E-state index in [0.717, 1.165) is 25.4 Å². The summed E-state index contributed by atoms with van der Waals surface area (Å²) in [5.41, 5.74) is -0.214. The fraction of sp³-hybridized carbons (Fsp3) is 0.667. The minimum absolute atomic E-state index is 0.214. The number of aromatic amines is 1. The number of methoxy groups -OCH3 is 1. The average molecular weight is 237 g/mol. The maximum Gasteiger partial charge on any atom is 0.295 e. The van der Waals surface area contributed by atoms with Gasteiger partial charge in [-0.05, 0) is 25.2 Å². The van der Waals surface area contributed by atoms with Gasteiger partial charge in [0.1, 0.15) is 0 Å². The smallest absolute Gasteiger partial charge is 0.295 e. The first kappa shape index (κ1) is 12.0. The van der Waals surface area contributed by atoms with Crippen LogP contribution in [0, 0.1) is 5.92 Å². The van der Waals surface area contributed by atoms with Gasteiger partial charge < -0.3 is 14.6 Å². The molecule has 1 saturated carbocycles. The minimum atomic E-state index is -0.214. The first-order valence-corrected chi connectivity index (χ1v) is 6.12. The fourth-order valence-corrected chi connectivity index (χ4v) is 1.95. The highest BCUT2D eigenvalue weighted by molar-refractivity contribution is 5.50. The van der Waals surface area contributed by atoms with E-state index in [2.05, 4.69) is 21.8 Å². The summed E-state index contributed by atoms with van der Waals surface area (Å²) in [6.07, 6.45) is 5.04. The molecule has 1 N–H and O–H groups in total. The van der Waals surface area contributed by atoms with Gasteiger partial charge in [0, 0.05) is 13.1 Å². The van der Waals surface area contributed by atoms with Crippen LogP contribution in [-0.2, 0) is 0 Å². The summed E-state index contributed by atoms with van der Waals surface area (Å²) in [5, 5.41) is 0. The van der Waals surface area contributed by atoms with Gasteiger partial charge in [-0.15, -0.1) is 0 Å². The predicted octanol–water partition coefficient (Wildman–Crippen LogP) is 1.40. The fourth-order valence-electron chi connectivity index (χ4n) is 1.95. The van der Waals surface area contributed by atoms with Gasteiger partial charge in [0.2, 0.25) is 5.75 Å². The van der Waals surface area contributed by atoms with Gasteiger partial charge in [-0.1, -0.05) is 6.92 Å². The van der Waals surface area contributed by atoms with Crippen LogP contribution in [0.1, 0.15) is 26.2 Å². The summed E-state index contributed by atoms with van der Waals surface area (Å²) < 4.78 is 5.16. The molecule has 94 valence electrons. The average Bonchev–Trinajstić information content (AvgIpc) is 3.12. The zero-order chi connectivity index (χ0) is 12.3. The highest BCUT2D eigenvalue weighted by atomic mass is 16.5. The lowest BCUT2D eigenvalue weighted by Gasteiger charge is -2.24. The minimum Gasteiger partial charge on any atom is -0.489 e. The third-order valence-electron chi connectivity index (χ3n) is 2.96. The van der Waals surface area contributed by atoms with Crippen molar-refractivity contribution < 1.29 is 4.74 Å². The van der Waals surface area contributed by atoms with Crippen LogP contribution < -0.4 is 15.2 Å². The van der Waals surface area contributed by atoms with Crippen LogP contribution in [0.5, 0.6) is 5.75 Å².